The van der Waals surface area contributed by atoms with Gasteiger partial charge in [-0.1, -0.05) is 18.5 Å². The van der Waals surface area contributed by atoms with Gasteiger partial charge >= 0.3 is 0 Å². The van der Waals surface area contributed by atoms with Crippen LogP contribution in [0.15, 0.2) is 6.33 Å². The van der Waals surface area contributed by atoms with Crippen LogP contribution in [0.3, 0.4) is 0 Å². The minimum Gasteiger partial charge on any atom is -0.370 e. The van der Waals surface area contributed by atoms with Crippen LogP contribution in [0.5, 0.6) is 0 Å². The van der Waals surface area contributed by atoms with Crippen molar-refractivity contribution in [3.05, 3.63) is 17.0 Å². The molecule has 0 radical (unpaired) electrons. The Bertz CT molecular complexity index is 373. The van der Waals surface area contributed by atoms with E-state index in [1.54, 1.807) is 6.26 Å². The van der Waals surface area contributed by atoms with Gasteiger partial charge in [-0.05, 0) is 12.8 Å². The summed E-state index contributed by atoms with van der Waals surface area (Å²) >= 11 is 5.95. The summed E-state index contributed by atoms with van der Waals surface area (Å²) in [5.74, 6) is 1.48. The highest BCUT2D eigenvalue weighted by atomic mass is 35.5. The Morgan fingerprint density at radius 3 is 2.88 bits per heavy atom. The summed E-state index contributed by atoms with van der Waals surface area (Å²) in [6.45, 7) is 2.76. The van der Waals surface area contributed by atoms with Crippen molar-refractivity contribution in [2.75, 3.05) is 23.9 Å². The van der Waals surface area contributed by atoms with E-state index in [0.29, 0.717) is 10.9 Å². The molecule has 1 aromatic heterocycles. The second-order valence-corrected chi connectivity index (χ2v) is 5.32. The van der Waals surface area contributed by atoms with E-state index in [2.05, 4.69) is 15.3 Å². The van der Waals surface area contributed by atoms with E-state index in [0.717, 1.165) is 30.8 Å². The Labute approximate surface area is 103 Å². The van der Waals surface area contributed by atoms with Gasteiger partial charge in [-0.15, -0.1) is 0 Å². The highest BCUT2D eigenvalue weighted by molar-refractivity contribution is 7.84. The fraction of sp³-hybridized carbons (Fsp3) is 0.600. The lowest BCUT2D eigenvalue weighted by molar-refractivity contribution is 0.685. The quantitative estimate of drug-likeness (QED) is 0.628. The van der Waals surface area contributed by atoms with Crippen LogP contribution in [0.1, 0.15) is 18.9 Å². The molecule has 0 aliphatic carbocycles. The Balaban J connectivity index is 2.53. The number of anilines is 1. The zero-order valence-electron chi connectivity index (χ0n) is 9.49. The largest absolute Gasteiger partial charge is 0.370 e. The highest BCUT2D eigenvalue weighted by Crippen LogP contribution is 2.19. The number of nitrogens with one attached hydrogen (secondary N) is 1. The van der Waals surface area contributed by atoms with Crippen molar-refractivity contribution < 1.29 is 4.21 Å². The molecule has 4 nitrogen and oxygen atoms in total. The van der Waals surface area contributed by atoms with Gasteiger partial charge in [0.2, 0.25) is 0 Å². The van der Waals surface area contributed by atoms with Crippen LogP contribution in [-0.2, 0) is 17.2 Å². The number of aromatic nitrogens is 2. The van der Waals surface area contributed by atoms with Crippen molar-refractivity contribution >= 4 is 28.2 Å². The fourth-order valence-electron chi connectivity index (χ4n) is 1.34. The zero-order valence-corrected chi connectivity index (χ0v) is 11.1. The first-order valence-corrected chi connectivity index (χ1v) is 7.29. The summed E-state index contributed by atoms with van der Waals surface area (Å²) in [4.78, 5) is 8.08. The number of rotatable bonds is 6. The fourth-order valence-corrected chi connectivity index (χ4v) is 2.16. The minimum atomic E-state index is -0.734. The third-order valence-electron chi connectivity index (χ3n) is 2.15. The third-order valence-corrected chi connectivity index (χ3v) is 3.34. The van der Waals surface area contributed by atoms with Crippen molar-refractivity contribution in [1.29, 1.82) is 0 Å². The minimum absolute atomic E-state index is 0.499. The smallest absolute Gasteiger partial charge is 0.137 e. The van der Waals surface area contributed by atoms with Crippen molar-refractivity contribution in [1.82, 2.24) is 9.97 Å². The van der Waals surface area contributed by atoms with E-state index < -0.39 is 10.8 Å². The molecule has 1 rings (SSSR count). The summed E-state index contributed by atoms with van der Waals surface area (Å²) < 4.78 is 10.9. The van der Waals surface area contributed by atoms with Gasteiger partial charge in [-0.2, -0.15) is 0 Å². The van der Waals surface area contributed by atoms with E-state index in [-0.39, 0.29) is 0 Å². The lowest BCUT2D eigenvalue weighted by Crippen LogP contribution is -2.09. The lowest BCUT2D eigenvalue weighted by Gasteiger charge is -2.09. The molecule has 0 aliphatic heterocycles. The average molecular weight is 262 g/mol. The predicted octanol–water partition coefficient (Wildman–Crippen LogP) is 1.87. The first-order valence-electron chi connectivity index (χ1n) is 5.18. The maximum absolute atomic E-state index is 10.9. The van der Waals surface area contributed by atoms with Crippen molar-refractivity contribution in [3.8, 4) is 0 Å². The molecular formula is C10H16ClN3OS. The first-order chi connectivity index (χ1) is 7.65. The summed E-state index contributed by atoms with van der Waals surface area (Å²) in [6, 6.07) is 0. The topological polar surface area (TPSA) is 54.9 Å². The Kier molecular flexibility index (Phi) is 5.69. The van der Waals surface area contributed by atoms with E-state index >= 15 is 0 Å². The molecule has 0 saturated heterocycles. The third kappa shape index (κ3) is 4.06. The molecule has 1 unspecified atom stereocenters. The molecule has 90 valence electrons. The standard InChI is InChI=1S/C10H16ClN3OS/c1-3-8-9(11)13-7-14-10(8)12-5-4-6-16(2)15/h7H,3-6H2,1-2H3,(H,12,13,14). The second-order valence-electron chi connectivity index (χ2n) is 3.40. The molecule has 0 bridgehead atoms. The first kappa shape index (κ1) is 13.4. The summed E-state index contributed by atoms with van der Waals surface area (Å²) in [7, 11) is -0.734. The molecule has 1 atom stereocenters. The van der Waals surface area contributed by atoms with Gasteiger partial charge < -0.3 is 5.32 Å². The number of hydrogen-bond acceptors (Lipinski definition) is 4. The molecule has 0 aromatic carbocycles. The van der Waals surface area contributed by atoms with Crippen LogP contribution < -0.4 is 5.32 Å². The number of hydrogen-bond donors (Lipinski definition) is 1. The second kappa shape index (κ2) is 6.81. The van der Waals surface area contributed by atoms with E-state index in [1.807, 2.05) is 6.92 Å². The lowest BCUT2D eigenvalue weighted by atomic mass is 10.2. The van der Waals surface area contributed by atoms with Crippen LogP contribution in [0.2, 0.25) is 5.15 Å². The van der Waals surface area contributed by atoms with Crippen LogP contribution in [-0.4, -0.2) is 32.7 Å². The van der Waals surface area contributed by atoms with Crippen LogP contribution in [0, 0.1) is 0 Å². The molecule has 16 heavy (non-hydrogen) atoms. The number of nitrogens with zero attached hydrogens (tertiary/aromatic N) is 2. The predicted molar refractivity (Wildman–Crippen MR) is 68.5 cm³/mol. The maximum atomic E-state index is 10.9. The summed E-state index contributed by atoms with van der Waals surface area (Å²) in [5, 5.41) is 3.69. The normalized spacial score (nSPS) is 12.4. The van der Waals surface area contributed by atoms with Gasteiger partial charge in [0.1, 0.15) is 17.3 Å². The molecule has 0 fully saturated rings. The van der Waals surface area contributed by atoms with Crippen molar-refractivity contribution in [2.24, 2.45) is 0 Å². The molecule has 1 aromatic rings. The van der Waals surface area contributed by atoms with Crippen molar-refractivity contribution in [3.63, 3.8) is 0 Å². The van der Waals surface area contributed by atoms with Gasteiger partial charge in [0.15, 0.2) is 0 Å². The summed E-state index contributed by atoms with van der Waals surface area (Å²) in [5.41, 5.74) is 0.932. The maximum Gasteiger partial charge on any atom is 0.137 e. The van der Waals surface area contributed by atoms with Crippen LogP contribution in [0.4, 0.5) is 5.82 Å². The highest BCUT2D eigenvalue weighted by Gasteiger charge is 2.06. The van der Waals surface area contributed by atoms with Gasteiger partial charge in [0, 0.05) is 34.9 Å². The summed E-state index contributed by atoms with van der Waals surface area (Å²) in [6.07, 6.45) is 4.80. The van der Waals surface area contributed by atoms with Crippen LogP contribution >= 0.6 is 11.6 Å². The van der Waals surface area contributed by atoms with E-state index in [9.17, 15) is 4.21 Å². The Hall–Kier alpha value is -0.680. The van der Waals surface area contributed by atoms with Gasteiger partial charge in [-0.3, -0.25) is 4.21 Å². The Morgan fingerprint density at radius 2 is 2.25 bits per heavy atom. The zero-order chi connectivity index (χ0) is 12.0. The molecule has 1 N–H and O–H groups in total. The molecule has 1 heterocycles. The van der Waals surface area contributed by atoms with Crippen LogP contribution in [0.25, 0.3) is 0 Å². The molecule has 0 spiro atoms. The average Bonchev–Trinajstić information content (AvgIpc) is 2.24. The van der Waals surface area contributed by atoms with Crippen molar-refractivity contribution in [2.45, 2.75) is 19.8 Å². The monoisotopic (exact) mass is 261 g/mol. The molecule has 0 saturated carbocycles. The van der Waals surface area contributed by atoms with E-state index in [1.165, 1.54) is 6.33 Å². The van der Waals surface area contributed by atoms with Gasteiger partial charge in [0.05, 0.1) is 0 Å². The molecule has 0 aliphatic rings. The Morgan fingerprint density at radius 1 is 1.50 bits per heavy atom. The molecule has 0 amide bonds. The number of halogens is 1. The molecular weight excluding hydrogens is 246 g/mol. The SMILES string of the molecule is CCc1c(Cl)ncnc1NCCCS(C)=O. The van der Waals surface area contributed by atoms with Gasteiger partial charge in [-0.25, -0.2) is 9.97 Å². The van der Waals surface area contributed by atoms with E-state index in [4.69, 9.17) is 11.6 Å². The molecule has 6 heteroatoms. The van der Waals surface area contributed by atoms with Gasteiger partial charge in [0.25, 0.3) is 0 Å².